The maximum atomic E-state index is 12.2. The van der Waals surface area contributed by atoms with Gasteiger partial charge in [-0.05, 0) is 48.9 Å². The Labute approximate surface area is 167 Å². The van der Waals surface area contributed by atoms with Gasteiger partial charge in [-0.25, -0.2) is 0 Å². The highest BCUT2D eigenvalue weighted by Gasteiger charge is 2.20. The van der Waals surface area contributed by atoms with Crippen LogP contribution in [0.4, 0.5) is 0 Å². The quantitative estimate of drug-likeness (QED) is 0.644. The fourth-order valence-corrected chi connectivity index (χ4v) is 4.05. The molecule has 8 heteroatoms. The smallest absolute Gasteiger partial charge is 0.279 e. The van der Waals surface area contributed by atoms with E-state index in [4.69, 9.17) is 4.74 Å². The van der Waals surface area contributed by atoms with Gasteiger partial charge in [-0.3, -0.25) is 25.2 Å². The van der Waals surface area contributed by atoms with Crippen LogP contribution < -0.4 is 20.9 Å². The Morgan fingerprint density at radius 3 is 2.71 bits per heavy atom. The fourth-order valence-electron chi connectivity index (χ4n) is 2.95. The van der Waals surface area contributed by atoms with Crippen LogP contribution in [0.15, 0.2) is 36.4 Å². The molecule has 0 aliphatic heterocycles. The first-order chi connectivity index (χ1) is 13.5. The topological polar surface area (TPSA) is 96.5 Å². The summed E-state index contributed by atoms with van der Waals surface area (Å²) in [7, 11) is 0. The third-order valence-corrected chi connectivity index (χ3v) is 5.66. The van der Waals surface area contributed by atoms with Crippen molar-refractivity contribution in [3.8, 4) is 5.75 Å². The molecule has 0 bridgehead atoms. The largest absolute Gasteiger partial charge is 0.484 e. The Bertz CT molecular complexity index is 850. The lowest BCUT2D eigenvalue weighted by atomic mass is 9.90. The predicted molar refractivity (Wildman–Crippen MR) is 106 cm³/mol. The first-order valence-electron chi connectivity index (χ1n) is 9.16. The molecule has 3 amide bonds. The van der Waals surface area contributed by atoms with Crippen LogP contribution in [0.1, 0.15) is 33.5 Å². The highest BCUT2D eigenvalue weighted by molar-refractivity contribution is 7.14. The van der Waals surface area contributed by atoms with Crippen molar-refractivity contribution in [2.24, 2.45) is 5.92 Å². The maximum Gasteiger partial charge on any atom is 0.279 e. The van der Waals surface area contributed by atoms with Crippen LogP contribution in [0.5, 0.6) is 5.75 Å². The number of hydrogen-bond donors (Lipinski definition) is 3. The Morgan fingerprint density at radius 2 is 1.93 bits per heavy atom. The first kappa shape index (κ1) is 19.9. The lowest BCUT2D eigenvalue weighted by Gasteiger charge is -2.16. The fraction of sp³-hybridized carbons (Fsp3) is 0.350. The molecule has 0 radical (unpaired) electrons. The molecule has 2 aromatic rings. The molecule has 1 atom stereocenters. The van der Waals surface area contributed by atoms with Crippen LogP contribution in [0.3, 0.4) is 0 Å². The number of amides is 3. The van der Waals surface area contributed by atoms with Gasteiger partial charge in [-0.2, -0.15) is 0 Å². The second-order valence-corrected chi connectivity index (χ2v) is 7.92. The molecule has 0 fully saturated rings. The molecule has 0 saturated heterocycles. The van der Waals surface area contributed by atoms with Crippen molar-refractivity contribution in [2.45, 2.75) is 26.2 Å². The molecule has 1 aromatic heterocycles. The summed E-state index contributed by atoms with van der Waals surface area (Å²) in [6.07, 6.45) is 3.12. The average Bonchev–Trinajstić information content (AvgIpc) is 3.13. The second-order valence-electron chi connectivity index (χ2n) is 6.79. The van der Waals surface area contributed by atoms with Gasteiger partial charge in [0.05, 0.1) is 11.4 Å². The van der Waals surface area contributed by atoms with E-state index in [2.05, 4.69) is 23.1 Å². The highest BCUT2D eigenvalue weighted by atomic mass is 32.1. The number of carbonyl (C=O) groups is 3. The minimum atomic E-state index is -0.517. The lowest BCUT2D eigenvalue weighted by molar-refractivity contribution is -0.127. The monoisotopic (exact) mass is 401 g/mol. The van der Waals surface area contributed by atoms with Crippen molar-refractivity contribution >= 4 is 29.1 Å². The Morgan fingerprint density at radius 1 is 1.14 bits per heavy atom. The van der Waals surface area contributed by atoms with Crippen LogP contribution in [-0.2, 0) is 22.4 Å². The molecule has 28 heavy (non-hydrogen) atoms. The molecule has 1 aromatic carbocycles. The number of hydrogen-bond acceptors (Lipinski definition) is 5. The van der Waals surface area contributed by atoms with Crippen molar-refractivity contribution in [2.75, 3.05) is 13.2 Å². The van der Waals surface area contributed by atoms with Gasteiger partial charge in [0.2, 0.25) is 0 Å². The van der Waals surface area contributed by atoms with Crippen LogP contribution in [0.25, 0.3) is 0 Å². The van der Waals surface area contributed by atoms with Gasteiger partial charge in [0.25, 0.3) is 17.7 Å². The van der Waals surface area contributed by atoms with E-state index in [1.165, 1.54) is 21.8 Å². The van der Waals surface area contributed by atoms with Crippen molar-refractivity contribution in [3.63, 3.8) is 0 Å². The first-order valence-corrected chi connectivity index (χ1v) is 9.98. The molecule has 1 aliphatic rings. The van der Waals surface area contributed by atoms with Gasteiger partial charge in [0, 0.05) is 4.88 Å². The van der Waals surface area contributed by atoms with E-state index >= 15 is 0 Å². The number of ether oxygens (including phenoxy) is 1. The normalized spacial score (nSPS) is 15.2. The van der Waals surface area contributed by atoms with Crippen molar-refractivity contribution in [3.05, 3.63) is 51.7 Å². The van der Waals surface area contributed by atoms with Crippen LogP contribution >= 0.6 is 11.3 Å². The van der Waals surface area contributed by atoms with Crippen molar-refractivity contribution in [1.29, 1.82) is 0 Å². The van der Waals surface area contributed by atoms with E-state index in [0.717, 1.165) is 19.3 Å². The summed E-state index contributed by atoms with van der Waals surface area (Å²) >= 11 is 1.47. The van der Waals surface area contributed by atoms with Gasteiger partial charge >= 0.3 is 0 Å². The third-order valence-electron chi connectivity index (χ3n) is 4.43. The molecular formula is C20H23N3O4S. The Kier molecular flexibility index (Phi) is 6.65. The predicted octanol–water partition coefficient (Wildman–Crippen LogP) is 1.83. The number of carbonyl (C=O) groups excluding carboxylic acids is 3. The number of para-hydroxylation sites is 1. The van der Waals surface area contributed by atoms with E-state index in [-0.39, 0.29) is 19.1 Å². The number of hydrazine groups is 1. The summed E-state index contributed by atoms with van der Waals surface area (Å²) in [6.45, 7) is 1.76. The summed E-state index contributed by atoms with van der Waals surface area (Å²) in [4.78, 5) is 37.6. The zero-order valence-corrected chi connectivity index (χ0v) is 16.4. The van der Waals surface area contributed by atoms with E-state index in [0.29, 0.717) is 16.5 Å². The highest BCUT2D eigenvalue weighted by Crippen LogP contribution is 2.32. The summed E-state index contributed by atoms with van der Waals surface area (Å²) in [5, 5.41) is 2.44. The van der Waals surface area contributed by atoms with Gasteiger partial charge in [0.1, 0.15) is 5.75 Å². The van der Waals surface area contributed by atoms with Crippen LogP contribution in [0, 0.1) is 5.92 Å². The number of benzene rings is 1. The van der Waals surface area contributed by atoms with Crippen LogP contribution in [-0.4, -0.2) is 30.9 Å². The molecule has 0 unspecified atom stereocenters. The lowest BCUT2D eigenvalue weighted by Crippen LogP contribution is -2.46. The van der Waals surface area contributed by atoms with Gasteiger partial charge < -0.3 is 10.1 Å². The van der Waals surface area contributed by atoms with E-state index in [1.54, 1.807) is 24.3 Å². The maximum absolute atomic E-state index is 12.2. The molecule has 3 N–H and O–H groups in total. The van der Waals surface area contributed by atoms with Crippen molar-refractivity contribution in [1.82, 2.24) is 16.2 Å². The van der Waals surface area contributed by atoms with Gasteiger partial charge in [-0.1, -0.05) is 25.1 Å². The van der Waals surface area contributed by atoms with E-state index in [9.17, 15) is 14.4 Å². The molecule has 0 saturated carbocycles. The SMILES string of the molecule is C[C@H]1CCc2sc(C(=O)NNC(=O)CNC(=O)COc3ccccc3)cc2C1. The minimum absolute atomic E-state index is 0.192. The Balaban J connectivity index is 1.37. The summed E-state index contributed by atoms with van der Waals surface area (Å²) < 4.78 is 5.29. The van der Waals surface area contributed by atoms with Gasteiger partial charge in [-0.15, -0.1) is 11.3 Å². The van der Waals surface area contributed by atoms with Gasteiger partial charge in [0.15, 0.2) is 6.61 Å². The number of nitrogens with one attached hydrogen (secondary N) is 3. The Hall–Kier alpha value is -2.87. The van der Waals surface area contributed by atoms with E-state index in [1.807, 2.05) is 12.1 Å². The second kappa shape index (κ2) is 9.36. The number of thiophene rings is 1. The zero-order chi connectivity index (χ0) is 19.9. The number of fused-ring (bicyclic) bond motifs is 1. The molecular weight excluding hydrogens is 378 g/mol. The molecule has 7 nitrogen and oxygen atoms in total. The molecule has 1 heterocycles. The summed E-state index contributed by atoms with van der Waals surface area (Å²) in [5.74, 6) is -0.0875. The van der Waals surface area contributed by atoms with Crippen molar-refractivity contribution < 1.29 is 19.1 Å². The molecule has 0 spiro atoms. The summed E-state index contributed by atoms with van der Waals surface area (Å²) in [6, 6.07) is 10.8. The molecule has 148 valence electrons. The average molecular weight is 401 g/mol. The number of aryl methyl sites for hydroxylation is 1. The number of rotatable bonds is 6. The molecule has 3 rings (SSSR count). The zero-order valence-electron chi connectivity index (χ0n) is 15.6. The van der Waals surface area contributed by atoms with Crippen LogP contribution in [0.2, 0.25) is 0 Å². The minimum Gasteiger partial charge on any atom is -0.484 e. The third kappa shape index (κ3) is 5.56. The standard InChI is InChI=1S/C20H23N3O4S/c1-13-7-8-16-14(9-13)10-17(28-16)20(26)23-22-18(24)11-21-19(25)12-27-15-5-3-2-4-6-15/h2-6,10,13H,7-9,11-12H2,1H3,(H,21,25)(H,22,24)(H,23,26)/t13-/m0/s1. The summed E-state index contributed by atoms with van der Waals surface area (Å²) in [5.41, 5.74) is 5.93. The molecule has 1 aliphatic carbocycles. The van der Waals surface area contributed by atoms with E-state index < -0.39 is 11.8 Å².